The number of amides is 2. The first-order chi connectivity index (χ1) is 14.1. The lowest BCUT2D eigenvalue weighted by molar-refractivity contribution is -0.120. The number of rotatable bonds is 6. The van der Waals surface area contributed by atoms with Crippen molar-refractivity contribution < 1.29 is 14.3 Å². The fourth-order valence-corrected chi connectivity index (χ4v) is 3.77. The number of nitrogens with zero attached hydrogens (tertiary/aromatic N) is 3. The number of aromatic amines is 1. The molecule has 1 aromatic carbocycles. The lowest BCUT2D eigenvalue weighted by atomic mass is 10.2. The Bertz CT molecular complexity index is 1010. The van der Waals surface area contributed by atoms with Gasteiger partial charge in [-0.2, -0.15) is 0 Å². The van der Waals surface area contributed by atoms with Gasteiger partial charge in [0.2, 0.25) is 5.91 Å². The van der Waals surface area contributed by atoms with Crippen LogP contribution in [0.3, 0.4) is 0 Å². The molecule has 0 fully saturated rings. The van der Waals surface area contributed by atoms with Gasteiger partial charge in [-0.25, -0.2) is 4.98 Å². The molecule has 1 unspecified atom stereocenters. The average molecular weight is 395 g/mol. The largest absolute Gasteiger partial charge is 0.383 e. The van der Waals surface area contributed by atoms with Gasteiger partial charge in [-0.3, -0.25) is 9.59 Å². The summed E-state index contributed by atoms with van der Waals surface area (Å²) in [5.41, 5.74) is 2.24. The monoisotopic (exact) mass is 395 g/mol. The quantitative estimate of drug-likeness (QED) is 0.624. The lowest BCUT2D eigenvalue weighted by Crippen LogP contribution is -2.41. The molecular weight excluding hydrogens is 370 g/mol. The van der Waals surface area contributed by atoms with Crippen LogP contribution in [0.1, 0.15) is 35.0 Å². The maximum absolute atomic E-state index is 13.1. The lowest BCUT2D eigenvalue weighted by Gasteiger charge is -2.33. The van der Waals surface area contributed by atoms with Gasteiger partial charge in [0, 0.05) is 43.8 Å². The van der Waals surface area contributed by atoms with Gasteiger partial charge in [0.15, 0.2) is 0 Å². The van der Waals surface area contributed by atoms with E-state index in [-0.39, 0.29) is 24.3 Å². The van der Waals surface area contributed by atoms with Crippen molar-refractivity contribution in [2.75, 3.05) is 26.8 Å². The predicted octanol–water partition coefficient (Wildman–Crippen LogP) is 1.89. The molecule has 1 aliphatic rings. The molecule has 0 saturated carbocycles. The topological polar surface area (TPSA) is 92.2 Å². The van der Waals surface area contributed by atoms with E-state index >= 15 is 0 Å². The van der Waals surface area contributed by atoms with E-state index in [9.17, 15) is 9.59 Å². The molecule has 29 heavy (non-hydrogen) atoms. The second-order valence-corrected chi connectivity index (χ2v) is 7.25. The third kappa shape index (κ3) is 3.88. The summed E-state index contributed by atoms with van der Waals surface area (Å²) in [6, 6.07) is 9.56. The first kappa shape index (κ1) is 19.2. The van der Waals surface area contributed by atoms with Crippen molar-refractivity contribution in [1.29, 1.82) is 0 Å². The second kappa shape index (κ2) is 8.08. The van der Waals surface area contributed by atoms with Crippen LogP contribution >= 0.6 is 0 Å². The number of ether oxygens (including phenoxy) is 1. The number of fused-ring (bicyclic) bond motifs is 2. The van der Waals surface area contributed by atoms with Gasteiger partial charge in [-0.1, -0.05) is 18.2 Å². The fourth-order valence-electron chi connectivity index (χ4n) is 3.77. The van der Waals surface area contributed by atoms with Crippen molar-refractivity contribution in [3.05, 3.63) is 53.7 Å². The van der Waals surface area contributed by atoms with Crippen molar-refractivity contribution >= 4 is 22.7 Å². The van der Waals surface area contributed by atoms with Gasteiger partial charge in [0.25, 0.3) is 5.91 Å². The third-order valence-corrected chi connectivity index (χ3v) is 5.27. The molecule has 152 valence electrons. The summed E-state index contributed by atoms with van der Waals surface area (Å²) in [6.07, 6.45) is 2.12. The molecule has 1 aliphatic heterocycles. The number of H-pyrrole nitrogens is 1. The van der Waals surface area contributed by atoms with Crippen LogP contribution in [-0.2, 0) is 22.5 Å². The SMILES string of the molecule is COCCNC(=O)Cc1cn2c(n1)C(C)N(C(=O)c1cc3ccccc3[nH]1)CC2. The number of hydrogen-bond donors (Lipinski definition) is 2. The van der Waals surface area contributed by atoms with E-state index in [0.717, 1.165) is 16.7 Å². The smallest absolute Gasteiger partial charge is 0.270 e. The fraction of sp³-hybridized carbons (Fsp3) is 0.381. The molecule has 0 bridgehead atoms. The van der Waals surface area contributed by atoms with Crippen LogP contribution in [0.4, 0.5) is 0 Å². The number of nitrogens with one attached hydrogen (secondary N) is 2. The normalized spacial score (nSPS) is 16.1. The maximum Gasteiger partial charge on any atom is 0.270 e. The van der Waals surface area contributed by atoms with Gasteiger partial charge >= 0.3 is 0 Å². The van der Waals surface area contributed by atoms with E-state index in [0.29, 0.717) is 37.6 Å². The predicted molar refractivity (Wildman–Crippen MR) is 109 cm³/mol. The van der Waals surface area contributed by atoms with Gasteiger partial charge < -0.3 is 24.5 Å². The molecule has 3 heterocycles. The standard InChI is InChI=1S/C21H25N5O3/c1-14-20-23-16(12-19(27)22-7-10-29-2)13-25(20)8-9-26(14)21(28)18-11-15-5-3-4-6-17(15)24-18/h3-6,11,13-14,24H,7-10,12H2,1-2H3,(H,22,27). The molecular formula is C21H25N5O3. The van der Waals surface area contributed by atoms with Crippen molar-refractivity contribution in [3.8, 4) is 0 Å². The van der Waals surface area contributed by atoms with Crippen LogP contribution in [0.15, 0.2) is 36.5 Å². The molecule has 0 radical (unpaired) electrons. The van der Waals surface area contributed by atoms with Crippen molar-refractivity contribution in [3.63, 3.8) is 0 Å². The number of imidazole rings is 1. The van der Waals surface area contributed by atoms with Gasteiger partial charge in [-0.15, -0.1) is 0 Å². The molecule has 8 heteroatoms. The molecule has 0 spiro atoms. The van der Waals surface area contributed by atoms with E-state index in [4.69, 9.17) is 4.74 Å². The second-order valence-electron chi connectivity index (χ2n) is 7.25. The van der Waals surface area contributed by atoms with Crippen LogP contribution in [0.2, 0.25) is 0 Å². The first-order valence-corrected chi connectivity index (χ1v) is 9.77. The Labute approximate surface area is 168 Å². The minimum absolute atomic E-state index is 0.0400. The van der Waals surface area contributed by atoms with E-state index < -0.39 is 0 Å². The highest BCUT2D eigenvalue weighted by Crippen LogP contribution is 2.27. The summed E-state index contributed by atoms with van der Waals surface area (Å²) >= 11 is 0. The van der Waals surface area contributed by atoms with Crippen LogP contribution in [0, 0.1) is 0 Å². The Morgan fingerprint density at radius 1 is 1.31 bits per heavy atom. The average Bonchev–Trinajstić information content (AvgIpc) is 3.32. The summed E-state index contributed by atoms with van der Waals surface area (Å²) in [4.78, 5) is 34.8. The molecule has 0 saturated heterocycles. The van der Waals surface area contributed by atoms with Crippen LogP contribution < -0.4 is 5.32 Å². The number of para-hydroxylation sites is 1. The Balaban J connectivity index is 1.48. The van der Waals surface area contributed by atoms with Crippen LogP contribution in [-0.4, -0.2) is 58.1 Å². The summed E-state index contributed by atoms with van der Waals surface area (Å²) in [6.45, 7) is 4.18. The zero-order chi connectivity index (χ0) is 20.4. The molecule has 1 atom stereocenters. The van der Waals surface area contributed by atoms with Gasteiger partial charge in [-0.05, 0) is 19.1 Å². The first-order valence-electron chi connectivity index (χ1n) is 9.77. The third-order valence-electron chi connectivity index (χ3n) is 5.27. The van der Waals surface area contributed by atoms with Crippen LogP contribution in [0.5, 0.6) is 0 Å². The van der Waals surface area contributed by atoms with E-state index in [2.05, 4.69) is 15.3 Å². The highest BCUT2D eigenvalue weighted by molar-refractivity contribution is 5.98. The number of carbonyl (C=O) groups is 2. The Morgan fingerprint density at radius 3 is 2.93 bits per heavy atom. The molecule has 0 aliphatic carbocycles. The van der Waals surface area contributed by atoms with Gasteiger partial charge in [0.05, 0.1) is 24.8 Å². The number of aromatic nitrogens is 3. The number of benzene rings is 1. The molecule has 3 aromatic rings. The molecule has 2 amide bonds. The molecule has 2 aromatic heterocycles. The maximum atomic E-state index is 13.1. The number of carbonyl (C=O) groups excluding carboxylic acids is 2. The minimum atomic E-state index is -0.173. The minimum Gasteiger partial charge on any atom is -0.383 e. The summed E-state index contributed by atoms with van der Waals surface area (Å²) in [7, 11) is 1.60. The van der Waals surface area contributed by atoms with Crippen LogP contribution in [0.25, 0.3) is 10.9 Å². The highest BCUT2D eigenvalue weighted by atomic mass is 16.5. The van der Waals surface area contributed by atoms with E-state index in [1.54, 1.807) is 7.11 Å². The zero-order valence-electron chi connectivity index (χ0n) is 16.6. The molecule has 4 rings (SSSR count). The summed E-state index contributed by atoms with van der Waals surface area (Å²) in [5.74, 6) is 0.679. The van der Waals surface area contributed by atoms with E-state index in [1.807, 2.05) is 52.9 Å². The summed E-state index contributed by atoms with van der Waals surface area (Å²) in [5, 5.41) is 3.82. The Morgan fingerprint density at radius 2 is 2.14 bits per heavy atom. The van der Waals surface area contributed by atoms with E-state index in [1.165, 1.54) is 0 Å². The summed E-state index contributed by atoms with van der Waals surface area (Å²) < 4.78 is 6.98. The zero-order valence-corrected chi connectivity index (χ0v) is 16.6. The Hall–Kier alpha value is -3.13. The van der Waals surface area contributed by atoms with Crippen molar-refractivity contribution in [2.24, 2.45) is 0 Å². The van der Waals surface area contributed by atoms with Crippen molar-refractivity contribution in [1.82, 2.24) is 24.8 Å². The van der Waals surface area contributed by atoms with Crippen molar-refractivity contribution in [2.45, 2.75) is 25.9 Å². The molecule has 2 N–H and O–H groups in total. The number of methoxy groups -OCH3 is 1. The highest BCUT2D eigenvalue weighted by Gasteiger charge is 2.31. The number of hydrogen-bond acceptors (Lipinski definition) is 4. The van der Waals surface area contributed by atoms with Gasteiger partial charge in [0.1, 0.15) is 11.5 Å². The molecule has 8 nitrogen and oxygen atoms in total. The Kier molecular flexibility index (Phi) is 5.35.